The van der Waals surface area contributed by atoms with Crippen molar-refractivity contribution in [2.45, 2.75) is 13.1 Å². The lowest BCUT2D eigenvalue weighted by atomic mass is 10.2. The monoisotopic (exact) mass is 289 g/mol. The minimum Gasteiger partial charge on any atom is -0.388 e. The Hall–Kier alpha value is -1.50. The first-order chi connectivity index (χ1) is 9.81. The van der Waals surface area contributed by atoms with Gasteiger partial charge in [-0.2, -0.15) is 0 Å². The third-order valence-corrected chi connectivity index (χ3v) is 4.27. The Balaban J connectivity index is 1.49. The summed E-state index contributed by atoms with van der Waals surface area (Å²) in [5.74, 6) is 0. The molecule has 6 heteroatoms. The predicted octanol–water partition coefficient (Wildman–Crippen LogP) is 1.44. The highest BCUT2D eigenvalue weighted by molar-refractivity contribution is 7.09. The molecule has 1 aromatic carbocycles. The van der Waals surface area contributed by atoms with Gasteiger partial charge in [0, 0.05) is 50.8 Å². The third kappa shape index (κ3) is 3.33. The van der Waals surface area contributed by atoms with Crippen molar-refractivity contribution < 1.29 is 0 Å². The smallest absolute Gasteiger partial charge is 0.132 e. The van der Waals surface area contributed by atoms with E-state index < -0.39 is 0 Å². The maximum atomic E-state index is 5.84. The molecule has 0 bridgehead atoms. The summed E-state index contributed by atoms with van der Waals surface area (Å²) in [7, 11) is 0. The van der Waals surface area contributed by atoms with Crippen LogP contribution in [0.5, 0.6) is 0 Å². The van der Waals surface area contributed by atoms with Gasteiger partial charge in [-0.1, -0.05) is 34.8 Å². The van der Waals surface area contributed by atoms with Gasteiger partial charge in [0.2, 0.25) is 0 Å². The van der Waals surface area contributed by atoms with E-state index in [1.807, 2.05) is 0 Å². The second-order valence-electron chi connectivity index (χ2n) is 5.12. The number of nitrogen functional groups attached to an aromatic ring is 1. The molecule has 1 aliphatic rings. The molecule has 1 saturated heterocycles. The fraction of sp³-hybridized carbons (Fsp3) is 0.429. The highest BCUT2D eigenvalue weighted by Crippen LogP contribution is 2.16. The summed E-state index contributed by atoms with van der Waals surface area (Å²) in [6.45, 7) is 6.16. The number of anilines is 1. The summed E-state index contributed by atoms with van der Waals surface area (Å²) in [6.07, 6.45) is 0. The van der Waals surface area contributed by atoms with Crippen molar-refractivity contribution in [2.24, 2.45) is 0 Å². The van der Waals surface area contributed by atoms with Crippen molar-refractivity contribution >= 4 is 16.5 Å². The van der Waals surface area contributed by atoms with Gasteiger partial charge in [0.25, 0.3) is 0 Å². The molecule has 3 rings (SSSR count). The molecule has 5 nitrogen and oxygen atoms in total. The van der Waals surface area contributed by atoms with Crippen molar-refractivity contribution in [3.63, 3.8) is 0 Å². The Kier molecular flexibility index (Phi) is 4.25. The van der Waals surface area contributed by atoms with E-state index in [0.717, 1.165) is 50.0 Å². The molecule has 0 radical (unpaired) electrons. The number of piperazine rings is 1. The first kappa shape index (κ1) is 13.5. The molecule has 0 atom stereocenters. The van der Waals surface area contributed by atoms with Gasteiger partial charge in [0.1, 0.15) is 10.7 Å². The van der Waals surface area contributed by atoms with Crippen molar-refractivity contribution in [1.82, 2.24) is 19.4 Å². The number of hydrogen-bond acceptors (Lipinski definition) is 6. The van der Waals surface area contributed by atoms with Crippen LogP contribution in [0.4, 0.5) is 5.00 Å². The minimum absolute atomic E-state index is 0.747. The van der Waals surface area contributed by atoms with Gasteiger partial charge in [-0.15, -0.1) is 5.10 Å². The number of aromatic nitrogens is 2. The van der Waals surface area contributed by atoms with E-state index in [0.29, 0.717) is 0 Å². The number of benzene rings is 1. The summed E-state index contributed by atoms with van der Waals surface area (Å²) < 4.78 is 3.89. The molecule has 1 aliphatic heterocycles. The van der Waals surface area contributed by atoms with Crippen LogP contribution in [0.1, 0.15) is 11.3 Å². The number of nitrogens with two attached hydrogens (primary N) is 1. The topological polar surface area (TPSA) is 58.3 Å². The predicted molar refractivity (Wildman–Crippen MR) is 81.3 cm³/mol. The number of hydrogen-bond donors (Lipinski definition) is 1. The summed E-state index contributed by atoms with van der Waals surface area (Å²) in [5, 5.41) is 4.83. The van der Waals surface area contributed by atoms with Crippen LogP contribution in [0, 0.1) is 0 Å². The van der Waals surface area contributed by atoms with E-state index in [1.54, 1.807) is 0 Å². The minimum atomic E-state index is 0.747. The highest BCUT2D eigenvalue weighted by atomic mass is 32.1. The zero-order valence-corrected chi connectivity index (χ0v) is 12.2. The highest BCUT2D eigenvalue weighted by Gasteiger charge is 2.18. The molecular formula is C14H19N5S. The lowest BCUT2D eigenvalue weighted by Crippen LogP contribution is -2.45. The Labute approximate surface area is 123 Å². The molecule has 0 unspecified atom stereocenters. The van der Waals surface area contributed by atoms with Gasteiger partial charge in [0.15, 0.2) is 0 Å². The number of nitrogens with zero attached hydrogens (tertiary/aromatic N) is 4. The molecule has 2 N–H and O–H groups in total. The zero-order valence-electron chi connectivity index (χ0n) is 11.4. The molecule has 20 heavy (non-hydrogen) atoms. The van der Waals surface area contributed by atoms with Crippen LogP contribution in [0.3, 0.4) is 0 Å². The molecule has 2 heterocycles. The van der Waals surface area contributed by atoms with E-state index in [1.165, 1.54) is 17.1 Å². The molecule has 1 aromatic heterocycles. The second-order valence-corrected chi connectivity index (χ2v) is 5.91. The van der Waals surface area contributed by atoms with E-state index in [4.69, 9.17) is 5.73 Å². The quantitative estimate of drug-likeness (QED) is 0.923. The lowest BCUT2D eigenvalue weighted by Gasteiger charge is -2.34. The van der Waals surface area contributed by atoms with Crippen molar-refractivity contribution in [3.8, 4) is 0 Å². The Morgan fingerprint density at radius 2 is 1.65 bits per heavy atom. The van der Waals surface area contributed by atoms with Crippen molar-refractivity contribution in [3.05, 3.63) is 41.6 Å². The van der Waals surface area contributed by atoms with Crippen LogP contribution in [0.25, 0.3) is 0 Å². The molecule has 0 aliphatic carbocycles. The summed E-state index contributed by atoms with van der Waals surface area (Å²) >= 11 is 1.27. The third-order valence-electron chi connectivity index (χ3n) is 3.67. The van der Waals surface area contributed by atoms with E-state index in [9.17, 15) is 0 Å². The van der Waals surface area contributed by atoms with E-state index >= 15 is 0 Å². The Morgan fingerprint density at radius 3 is 2.25 bits per heavy atom. The standard InChI is InChI=1S/C14H19N5S/c15-14-13(16-17-20-14)11-19-8-6-18(7-9-19)10-12-4-2-1-3-5-12/h1-5H,6-11,15H2. The summed E-state index contributed by atoms with van der Waals surface area (Å²) in [5.41, 5.74) is 8.15. The normalized spacial score (nSPS) is 17.4. The average molecular weight is 289 g/mol. The largest absolute Gasteiger partial charge is 0.388 e. The van der Waals surface area contributed by atoms with Crippen LogP contribution in [-0.4, -0.2) is 45.6 Å². The molecule has 0 saturated carbocycles. The maximum absolute atomic E-state index is 5.84. The van der Waals surface area contributed by atoms with Gasteiger partial charge in [-0.3, -0.25) is 9.80 Å². The summed E-state index contributed by atoms with van der Waals surface area (Å²) in [6, 6.07) is 10.6. The lowest BCUT2D eigenvalue weighted by molar-refractivity contribution is 0.121. The van der Waals surface area contributed by atoms with Gasteiger partial charge in [-0.05, 0) is 5.56 Å². The molecule has 0 amide bonds. The van der Waals surface area contributed by atoms with Crippen LogP contribution in [0.15, 0.2) is 30.3 Å². The fourth-order valence-electron chi connectivity index (χ4n) is 2.48. The average Bonchev–Trinajstić information content (AvgIpc) is 2.88. The zero-order chi connectivity index (χ0) is 13.8. The number of rotatable bonds is 4. The van der Waals surface area contributed by atoms with Crippen LogP contribution >= 0.6 is 11.5 Å². The molecule has 1 fully saturated rings. The van der Waals surface area contributed by atoms with Crippen molar-refractivity contribution in [2.75, 3.05) is 31.9 Å². The van der Waals surface area contributed by atoms with Crippen molar-refractivity contribution in [1.29, 1.82) is 0 Å². The van der Waals surface area contributed by atoms with Gasteiger partial charge in [0.05, 0.1) is 0 Å². The van der Waals surface area contributed by atoms with Gasteiger partial charge in [-0.25, -0.2) is 0 Å². The van der Waals surface area contributed by atoms with Crippen LogP contribution in [-0.2, 0) is 13.1 Å². The first-order valence-electron chi connectivity index (χ1n) is 6.86. The Morgan fingerprint density at radius 1 is 1.00 bits per heavy atom. The SMILES string of the molecule is Nc1snnc1CN1CCN(Cc2ccccc2)CC1. The fourth-order valence-corrected chi connectivity index (χ4v) is 2.92. The van der Waals surface area contributed by atoms with E-state index in [-0.39, 0.29) is 0 Å². The maximum Gasteiger partial charge on any atom is 0.132 e. The van der Waals surface area contributed by atoms with Crippen LogP contribution in [0.2, 0.25) is 0 Å². The summed E-state index contributed by atoms with van der Waals surface area (Å²) in [4.78, 5) is 4.89. The molecule has 0 spiro atoms. The van der Waals surface area contributed by atoms with Gasteiger partial charge >= 0.3 is 0 Å². The molecular weight excluding hydrogens is 270 g/mol. The van der Waals surface area contributed by atoms with E-state index in [2.05, 4.69) is 49.7 Å². The molecule has 2 aromatic rings. The van der Waals surface area contributed by atoms with Gasteiger partial charge < -0.3 is 5.73 Å². The Bertz CT molecular complexity index is 534. The van der Waals surface area contributed by atoms with Crippen LogP contribution < -0.4 is 5.73 Å². The first-order valence-corrected chi connectivity index (χ1v) is 7.64. The second kappa shape index (κ2) is 6.30. The molecule has 106 valence electrons.